The summed E-state index contributed by atoms with van der Waals surface area (Å²) in [7, 11) is 0. The van der Waals surface area contributed by atoms with E-state index in [-0.39, 0.29) is 12.1 Å². The van der Waals surface area contributed by atoms with Crippen LogP contribution in [0.1, 0.15) is 85.5 Å². The molecule has 0 aromatic heterocycles. The number of aliphatic hydroxyl groups is 1. The fourth-order valence-electron chi connectivity index (χ4n) is 1.98. The Labute approximate surface area is 118 Å². The summed E-state index contributed by atoms with van der Waals surface area (Å²) in [6, 6.07) is 0. The molecule has 0 heterocycles. The zero-order chi connectivity index (χ0) is 14.7. The molecule has 114 valence electrons. The van der Waals surface area contributed by atoms with Gasteiger partial charge in [-0.05, 0) is 33.6 Å². The number of unbranched alkanes of at least 4 members (excludes halogenated alkanes) is 5. The lowest BCUT2D eigenvalue weighted by atomic mass is 10.0. The zero-order valence-corrected chi connectivity index (χ0v) is 13.2. The minimum atomic E-state index is -0.429. The molecule has 3 heteroatoms. The van der Waals surface area contributed by atoms with Gasteiger partial charge in [-0.25, -0.2) is 0 Å². The van der Waals surface area contributed by atoms with Crippen molar-refractivity contribution in [2.45, 2.75) is 97.2 Å². The molecule has 1 atom stereocenters. The highest BCUT2D eigenvalue weighted by Crippen LogP contribution is 2.13. The van der Waals surface area contributed by atoms with Crippen LogP contribution in [-0.2, 0) is 9.53 Å². The Morgan fingerprint density at radius 3 is 2.21 bits per heavy atom. The first-order valence-corrected chi connectivity index (χ1v) is 7.75. The highest BCUT2D eigenvalue weighted by Gasteiger charge is 2.17. The number of hydrogen-bond donors (Lipinski definition) is 1. The van der Waals surface area contributed by atoms with Gasteiger partial charge in [-0.15, -0.1) is 0 Å². The molecule has 1 N–H and O–H groups in total. The van der Waals surface area contributed by atoms with Gasteiger partial charge >= 0.3 is 5.97 Å². The summed E-state index contributed by atoms with van der Waals surface area (Å²) in [5.41, 5.74) is -0.429. The van der Waals surface area contributed by atoms with Crippen LogP contribution in [0.5, 0.6) is 0 Å². The second kappa shape index (κ2) is 10.2. The molecule has 0 spiro atoms. The van der Waals surface area contributed by atoms with E-state index >= 15 is 0 Å². The summed E-state index contributed by atoms with van der Waals surface area (Å²) >= 11 is 0. The quantitative estimate of drug-likeness (QED) is 0.478. The SMILES string of the molecule is CCCCCCCC[C@@H](O)CCC(=O)OC(C)(C)C. The van der Waals surface area contributed by atoms with Gasteiger partial charge in [0.1, 0.15) is 5.60 Å². The van der Waals surface area contributed by atoms with Crippen molar-refractivity contribution >= 4 is 5.97 Å². The molecular weight excluding hydrogens is 240 g/mol. The van der Waals surface area contributed by atoms with Gasteiger partial charge in [0.25, 0.3) is 0 Å². The number of hydrogen-bond acceptors (Lipinski definition) is 3. The number of esters is 1. The van der Waals surface area contributed by atoms with Gasteiger partial charge in [-0.3, -0.25) is 4.79 Å². The van der Waals surface area contributed by atoms with Crippen LogP contribution in [-0.4, -0.2) is 22.8 Å². The summed E-state index contributed by atoms with van der Waals surface area (Å²) < 4.78 is 5.21. The van der Waals surface area contributed by atoms with Crippen LogP contribution in [0.3, 0.4) is 0 Å². The summed E-state index contributed by atoms with van der Waals surface area (Å²) in [5, 5.41) is 9.79. The van der Waals surface area contributed by atoms with Crippen molar-refractivity contribution in [3.05, 3.63) is 0 Å². The molecule has 0 amide bonds. The smallest absolute Gasteiger partial charge is 0.306 e. The van der Waals surface area contributed by atoms with Gasteiger partial charge in [-0.2, -0.15) is 0 Å². The van der Waals surface area contributed by atoms with Crippen molar-refractivity contribution in [2.24, 2.45) is 0 Å². The molecule has 0 saturated heterocycles. The fraction of sp³-hybridized carbons (Fsp3) is 0.938. The van der Waals surface area contributed by atoms with Crippen molar-refractivity contribution in [3.63, 3.8) is 0 Å². The lowest BCUT2D eigenvalue weighted by Crippen LogP contribution is -2.24. The molecule has 19 heavy (non-hydrogen) atoms. The second-order valence-corrected chi connectivity index (χ2v) is 6.34. The molecule has 0 bridgehead atoms. The Balaban J connectivity index is 3.48. The molecule has 0 unspecified atom stereocenters. The lowest BCUT2D eigenvalue weighted by Gasteiger charge is -2.20. The van der Waals surface area contributed by atoms with Gasteiger partial charge in [0.15, 0.2) is 0 Å². The minimum Gasteiger partial charge on any atom is -0.460 e. The predicted molar refractivity (Wildman–Crippen MR) is 79.1 cm³/mol. The summed E-state index contributed by atoms with van der Waals surface area (Å²) in [6.07, 6.45) is 8.63. The Hall–Kier alpha value is -0.570. The molecule has 0 rings (SSSR count). The van der Waals surface area contributed by atoms with E-state index in [0.717, 1.165) is 12.8 Å². The summed E-state index contributed by atoms with van der Waals surface area (Å²) in [4.78, 5) is 11.5. The van der Waals surface area contributed by atoms with Crippen LogP contribution in [0.2, 0.25) is 0 Å². The van der Waals surface area contributed by atoms with Gasteiger partial charge in [-0.1, -0.05) is 45.4 Å². The second-order valence-electron chi connectivity index (χ2n) is 6.34. The number of ether oxygens (including phenoxy) is 1. The first-order valence-electron chi connectivity index (χ1n) is 7.75. The molecule has 0 aromatic carbocycles. The van der Waals surface area contributed by atoms with Gasteiger partial charge in [0, 0.05) is 6.42 Å². The van der Waals surface area contributed by atoms with Crippen molar-refractivity contribution in [1.29, 1.82) is 0 Å². The molecule has 0 fully saturated rings. The van der Waals surface area contributed by atoms with Gasteiger partial charge < -0.3 is 9.84 Å². The molecule has 0 aliphatic heterocycles. The maximum absolute atomic E-state index is 11.5. The molecule has 0 aliphatic carbocycles. The molecular formula is C16H32O3. The van der Waals surface area contributed by atoms with Gasteiger partial charge in [0.2, 0.25) is 0 Å². The topological polar surface area (TPSA) is 46.5 Å². The van der Waals surface area contributed by atoms with E-state index in [1.165, 1.54) is 32.1 Å². The number of carbonyl (C=O) groups excluding carboxylic acids is 1. The average molecular weight is 272 g/mol. The van der Waals surface area contributed by atoms with Crippen LogP contribution in [0.15, 0.2) is 0 Å². The third-order valence-electron chi connectivity index (χ3n) is 2.99. The van der Waals surface area contributed by atoms with Gasteiger partial charge in [0.05, 0.1) is 6.10 Å². The van der Waals surface area contributed by atoms with Crippen molar-refractivity contribution in [2.75, 3.05) is 0 Å². The molecule has 0 aromatic rings. The minimum absolute atomic E-state index is 0.213. The monoisotopic (exact) mass is 272 g/mol. The zero-order valence-electron chi connectivity index (χ0n) is 13.2. The predicted octanol–water partition coefficient (Wildman–Crippen LogP) is 4.22. The lowest BCUT2D eigenvalue weighted by molar-refractivity contribution is -0.155. The summed E-state index contributed by atoms with van der Waals surface area (Å²) in [6.45, 7) is 7.79. The van der Waals surface area contributed by atoms with Crippen LogP contribution in [0.25, 0.3) is 0 Å². The van der Waals surface area contributed by atoms with Crippen LogP contribution in [0, 0.1) is 0 Å². The number of carbonyl (C=O) groups is 1. The highest BCUT2D eigenvalue weighted by atomic mass is 16.6. The number of rotatable bonds is 10. The molecule has 0 saturated carbocycles. The Kier molecular flexibility index (Phi) is 9.94. The highest BCUT2D eigenvalue weighted by molar-refractivity contribution is 5.69. The number of aliphatic hydroxyl groups excluding tert-OH is 1. The molecule has 0 radical (unpaired) electrons. The van der Waals surface area contributed by atoms with Crippen molar-refractivity contribution < 1.29 is 14.6 Å². The van der Waals surface area contributed by atoms with E-state index in [9.17, 15) is 9.90 Å². The normalized spacial score (nSPS) is 13.3. The Bertz CT molecular complexity index is 231. The first-order chi connectivity index (χ1) is 8.85. The van der Waals surface area contributed by atoms with Crippen molar-refractivity contribution in [1.82, 2.24) is 0 Å². The molecule has 0 aliphatic rings. The third-order valence-corrected chi connectivity index (χ3v) is 2.99. The van der Waals surface area contributed by atoms with E-state index in [0.29, 0.717) is 12.8 Å². The Morgan fingerprint density at radius 2 is 1.63 bits per heavy atom. The standard InChI is InChI=1S/C16H32O3/c1-5-6-7-8-9-10-11-14(17)12-13-15(18)19-16(2,3)4/h14,17H,5-13H2,1-4H3/t14-/m1/s1. The fourth-order valence-corrected chi connectivity index (χ4v) is 1.98. The van der Waals surface area contributed by atoms with E-state index < -0.39 is 5.60 Å². The summed E-state index contributed by atoms with van der Waals surface area (Å²) in [5.74, 6) is -0.213. The van der Waals surface area contributed by atoms with E-state index in [1.807, 2.05) is 20.8 Å². The third kappa shape index (κ3) is 13.7. The maximum Gasteiger partial charge on any atom is 0.306 e. The van der Waals surface area contributed by atoms with Crippen LogP contribution in [0.4, 0.5) is 0 Å². The Morgan fingerprint density at radius 1 is 1.05 bits per heavy atom. The van der Waals surface area contributed by atoms with Crippen LogP contribution < -0.4 is 0 Å². The average Bonchev–Trinajstić information content (AvgIpc) is 2.29. The maximum atomic E-state index is 11.5. The van der Waals surface area contributed by atoms with Crippen LogP contribution >= 0.6 is 0 Å². The van der Waals surface area contributed by atoms with Crippen molar-refractivity contribution in [3.8, 4) is 0 Å². The largest absolute Gasteiger partial charge is 0.460 e. The van der Waals surface area contributed by atoms with E-state index in [2.05, 4.69) is 6.92 Å². The molecule has 3 nitrogen and oxygen atoms in total. The van der Waals surface area contributed by atoms with E-state index in [1.54, 1.807) is 0 Å². The van der Waals surface area contributed by atoms with E-state index in [4.69, 9.17) is 4.74 Å². The first kappa shape index (κ1) is 18.4.